The van der Waals surface area contributed by atoms with Crippen LogP contribution in [0.4, 0.5) is 0 Å². The predicted molar refractivity (Wildman–Crippen MR) is 146 cm³/mol. The van der Waals surface area contributed by atoms with Crippen molar-refractivity contribution in [2.45, 2.75) is 57.6 Å². The minimum absolute atomic E-state index is 0.0370. The van der Waals surface area contributed by atoms with Crippen molar-refractivity contribution < 1.29 is 34.4 Å². The van der Waals surface area contributed by atoms with Crippen LogP contribution in [0.5, 0.6) is 11.5 Å². The van der Waals surface area contributed by atoms with Crippen LogP contribution >= 0.6 is 11.6 Å². The molecule has 1 heterocycles. The van der Waals surface area contributed by atoms with E-state index >= 15 is 0 Å². The maximum Gasteiger partial charge on any atom is 0.247 e. The lowest BCUT2D eigenvalue weighted by molar-refractivity contribution is -0.138. The fourth-order valence-corrected chi connectivity index (χ4v) is 5.36. The van der Waals surface area contributed by atoms with E-state index in [4.69, 9.17) is 21.1 Å². The average Bonchev–Trinajstić information content (AvgIpc) is 3.31. The number of ether oxygens (including phenoxy) is 2. The predicted octanol–water partition coefficient (Wildman–Crippen LogP) is 2.54. The van der Waals surface area contributed by atoms with E-state index < -0.39 is 30.1 Å². The van der Waals surface area contributed by atoms with E-state index in [-0.39, 0.29) is 44.5 Å². The molecular formula is C29H35ClN2O7. The summed E-state index contributed by atoms with van der Waals surface area (Å²) in [6.45, 7) is 3.61. The maximum absolute atomic E-state index is 13.5. The summed E-state index contributed by atoms with van der Waals surface area (Å²) in [6, 6.07) is 9.61. The molecule has 4 atom stereocenters. The van der Waals surface area contributed by atoms with Crippen LogP contribution in [0.25, 0.3) is 0 Å². The molecule has 0 radical (unpaired) electrons. The highest BCUT2D eigenvalue weighted by Gasteiger charge is 2.51. The molecule has 2 aliphatic rings. The van der Waals surface area contributed by atoms with Gasteiger partial charge in [0.05, 0.1) is 32.3 Å². The van der Waals surface area contributed by atoms with E-state index in [9.17, 15) is 24.9 Å². The lowest BCUT2D eigenvalue weighted by atomic mass is 9.77. The Kier molecular flexibility index (Phi) is 9.17. The van der Waals surface area contributed by atoms with E-state index in [0.29, 0.717) is 33.2 Å². The Balaban J connectivity index is 1.81. The van der Waals surface area contributed by atoms with Crippen LogP contribution in [0, 0.1) is 5.92 Å². The first-order valence-corrected chi connectivity index (χ1v) is 13.4. The van der Waals surface area contributed by atoms with Crippen molar-refractivity contribution in [3.05, 3.63) is 69.8 Å². The van der Waals surface area contributed by atoms with Crippen molar-refractivity contribution in [3.63, 3.8) is 0 Å². The van der Waals surface area contributed by atoms with Gasteiger partial charge in [-0.05, 0) is 47.4 Å². The Morgan fingerprint density at radius 2 is 1.87 bits per heavy atom. The zero-order valence-corrected chi connectivity index (χ0v) is 23.0. The molecule has 4 N–H and O–H groups in total. The largest absolute Gasteiger partial charge is 0.493 e. The Morgan fingerprint density at radius 1 is 1.15 bits per heavy atom. The van der Waals surface area contributed by atoms with Gasteiger partial charge in [0.1, 0.15) is 12.2 Å². The van der Waals surface area contributed by atoms with Crippen molar-refractivity contribution in [2.75, 3.05) is 20.3 Å². The molecule has 1 aliphatic heterocycles. The number of carbonyl (C=O) groups excluding carboxylic acids is 2. The SMILES string of the molecule is COc1cc(CO)cc2c1OC1C2C(C(=O)NCCO)=CC(N(Cc2ccc(Cl)cc2)C(=O)CC(C)C)C1O. The second kappa shape index (κ2) is 12.4. The van der Waals surface area contributed by atoms with Crippen molar-refractivity contribution in [1.82, 2.24) is 10.2 Å². The van der Waals surface area contributed by atoms with Gasteiger partial charge in [-0.3, -0.25) is 9.59 Å². The second-order valence-corrected chi connectivity index (χ2v) is 10.7. The number of hydrogen-bond acceptors (Lipinski definition) is 7. The number of aliphatic hydroxyl groups is 3. The summed E-state index contributed by atoms with van der Waals surface area (Å²) in [5.74, 6) is -0.471. The molecule has 0 saturated carbocycles. The molecule has 9 nitrogen and oxygen atoms in total. The molecule has 0 aromatic heterocycles. The zero-order chi connectivity index (χ0) is 28.3. The number of methoxy groups -OCH3 is 1. The summed E-state index contributed by atoms with van der Waals surface area (Å²) in [5, 5.41) is 34.1. The van der Waals surface area contributed by atoms with Crippen molar-refractivity contribution in [2.24, 2.45) is 5.92 Å². The van der Waals surface area contributed by atoms with Gasteiger partial charge in [-0.1, -0.05) is 37.6 Å². The summed E-state index contributed by atoms with van der Waals surface area (Å²) < 4.78 is 11.8. The van der Waals surface area contributed by atoms with Crippen molar-refractivity contribution in [1.29, 1.82) is 0 Å². The van der Waals surface area contributed by atoms with Crippen LogP contribution < -0.4 is 14.8 Å². The Morgan fingerprint density at radius 3 is 2.49 bits per heavy atom. The van der Waals surface area contributed by atoms with Gasteiger partial charge in [0.2, 0.25) is 11.8 Å². The molecule has 39 heavy (non-hydrogen) atoms. The van der Waals surface area contributed by atoms with E-state index in [1.165, 1.54) is 7.11 Å². The highest BCUT2D eigenvalue weighted by atomic mass is 35.5. The summed E-state index contributed by atoms with van der Waals surface area (Å²) in [4.78, 5) is 28.5. The van der Waals surface area contributed by atoms with Gasteiger partial charge in [0, 0.05) is 35.7 Å². The van der Waals surface area contributed by atoms with Crippen LogP contribution in [0.15, 0.2) is 48.0 Å². The number of nitrogens with one attached hydrogen (secondary N) is 1. The Hall–Kier alpha value is -3.11. The van der Waals surface area contributed by atoms with Crippen LogP contribution in [0.2, 0.25) is 5.02 Å². The number of aliphatic hydroxyl groups excluding tert-OH is 3. The Bertz CT molecular complexity index is 1230. The number of amides is 2. The highest BCUT2D eigenvalue weighted by molar-refractivity contribution is 6.30. The fraction of sp³-hybridized carbons (Fsp3) is 0.448. The lowest BCUT2D eigenvalue weighted by Crippen LogP contribution is -2.55. The molecule has 2 aromatic rings. The first-order chi connectivity index (χ1) is 18.7. The molecule has 0 fully saturated rings. The first-order valence-electron chi connectivity index (χ1n) is 13.0. The maximum atomic E-state index is 13.5. The number of nitrogens with zero attached hydrogens (tertiary/aromatic N) is 1. The first kappa shape index (κ1) is 28.9. The van der Waals surface area contributed by atoms with E-state index in [2.05, 4.69) is 5.32 Å². The smallest absolute Gasteiger partial charge is 0.247 e. The number of halogens is 1. The van der Waals surface area contributed by atoms with E-state index in [0.717, 1.165) is 5.56 Å². The van der Waals surface area contributed by atoms with Gasteiger partial charge in [-0.15, -0.1) is 0 Å². The number of hydrogen-bond donors (Lipinski definition) is 4. The normalized spacial score (nSPS) is 21.5. The van der Waals surface area contributed by atoms with Crippen LogP contribution in [0.3, 0.4) is 0 Å². The number of carbonyl (C=O) groups is 2. The molecule has 0 spiro atoms. The number of fused-ring (bicyclic) bond motifs is 3. The van der Waals surface area contributed by atoms with Crippen LogP contribution in [-0.2, 0) is 22.7 Å². The van der Waals surface area contributed by atoms with Crippen molar-refractivity contribution >= 4 is 23.4 Å². The van der Waals surface area contributed by atoms with E-state index in [1.807, 2.05) is 26.0 Å². The van der Waals surface area contributed by atoms with Gasteiger partial charge in [0.25, 0.3) is 0 Å². The Labute approximate surface area is 233 Å². The molecule has 0 saturated heterocycles. The topological polar surface area (TPSA) is 129 Å². The highest BCUT2D eigenvalue weighted by Crippen LogP contribution is 2.51. The fourth-order valence-electron chi connectivity index (χ4n) is 5.23. The van der Waals surface area contributed by atoms with Crippen molar-refractivity contribution in [3.8, 4) is 11.5 Å². The molecule has 4 rings (SSSR count). The van der Waals surface area contributed by atoms with Crippen LogP contribution in [-0.4, -0.2) is 70.5 Å². The standard InChI is InChI=1S/C29H35ClN2O7/c1-16(2)10-24(35)32(14-17-4-6-19(30)7-5-17)22-13-21(29(37)31-8-9-33)25-20-11-18(15-34)12-23(38-3)27(20)39-28(25)26(22)36/h4-7,11-13,16,22,25-26,28,33-34,36H,8-10,14-15H2,1-3H3,(H,31,37). The average molecular weight is 559 g/mol. The van der Waals surface area contributed by atoms with Gasteiger partial charge in [0.15, 0.2) is 11.5 Å². The van der Waals surface area contributed by atoms with Gasteiger partial charge in [-0.25, -0.2) is 0 Å². The molecule has 0 bridgehead atoms. The van der Waals surface area contributed by atoms with Gasteiger partial charge >= 0.3 is 0 Å². The minimum atomic E-state index is -1.18. The second-order valence-electron chi connectivity index (χ2n) is 10.3. The third-order valence-electron chi connectivity index (χ3n) is 7.02. The molecule has 2 amide bonds. The van der Waals surface area contributed by atoms with Gasteiger partial charge in [-0.2, -0.15) is 0 Å². The molecule has 10 heteroatoms. The zero-order valence-electron chi connectivity index (χ0n) is 22.3. The quantitative estimate of drug-likeness (QED) is 0.353. The third-order valence-corrected chi connectivity index (χ3v) is 7.28. The summed E-state index contributed by atoms with van der Waals surface area (Å²) in [5.41, 5.74) is 2.29. The van der Waals surface area contributed by atoms with Crippen LogP contribution in [0.1, 0.15) is 42.9 Å². The summed E-state index contributed by atoms with van der Waals surface area (Å²) >= 11 is 6.06. The number of rotatable bonds is 10. The monoisotopic (exact) mass is 558 g/mol. The molecule has 4 unspecified atom stereocenters. The summed E-state index contributed by atoms with van der Waals surface area (Å²) in [7, 11) is 1.48. The third kappa shape index (κ3) is 6.06. The summed E-state index contributed by atoms with van der Waals surface area (Å²) in [6.07, 6.45) is -0.197. The molecular weight excluding hydrogens is 524 g/mol. The molecule has 2 aromatic carbocycles. The van der Waals surface area contributed by atoms with Gasteiger partial charge < -0.3 is 35.0 Å². The minimum Gasteiger partial charge on any atom is -0.493 e. The molecule has 1 aliphatic carbocycles. The van der Waals surface area contributed by atoms with E-state index in [1.54, 1.807) is 35.2 Å². The molecule has 210 valence electrons. The number of benzene rings is 2. The lowest BCUT2D eigenvalue weighted by Gasteiger charge is -2.41.